The summed E-state index contributed by atoms with van der Waals surface area (Å²) in [6, 6.07) is 11.7. The van der Waals surface area contributed by atoms with E-state index in [1.165, 1.54) is 5.56 Å². The van der Waals surface area contributed by atoms with Crippen LogP contribution in [-0.2, 0) is 6.54 Å². The average molecular weight is 258 g/mol. The zero-order valence-corrected chi connectivity index (χ0v) is 10.4. The first-order valence-corrected chi connectivity index (χ1v) is 6.12. The number of benzene rings is 1. The van der Waals surface area contributed by atoms with Crippen molar-refractivity contribution in [2.45, 2.75) is 6.54 Å². The molecule has 0 aliphatic carbocycles. The van der Waals surface area contributed by atoms with Gasteiger partial charge in [-0.25, -0.2) is 4.98 Å². The monoisotopic (exact) mass is 257 g/mol. The molecule has 2 N–H and O–H groups in total. The molecule has 1 aromatic carbocycles. The average Bonchev–Trinajstić information content (AvgIpc) is 2.81. The van der Waals surface area contributed by atoms with E-state index in [1.54, 1.807) is 6.20 Å². The highest BCUT2D eigenvalue weighted by atomic mass is 35.5. The van der Waals surface area contributed by atoms with E-state index < -0.39 is 0 Å². The molecule has 0 saturated heterocycles. The van der Waals surface area contributed by atoms with Crippen molar-refractivity contribution in [2.75, 3.05) is 5.32 Å². The zero-order chi connectivity index (χ0) is 12.4. The van der Waals surface area contributed by atoms with Crippen molar-refractivity contribution in [1.29, 1.82) is 0 Å². The lowest BCUT2D eigenvalue weighted by Crippen LogP contribution is -1.98. The Balaban J connectivity index is 1.83. The van der Waals surface area contributed by atoms with Gasteiger partial charge in [-0.2, -0.15) is 0 Å². The number of pyridine rings is 1. The van der Waals surface area contributed by atoms with Gasteiger partial charge < -0.3 is 10.3 Å². The number of nitrogens with zero attached hydrogens (tertiary/aromatic N) is 1. The van der Waals surface area contributed by atoms with E-state index in [9.17, 15) is 0 Å². The largest absolute Gasteiger partial charge is 0.380 e. The third-order valence-electron chi connectivity index (χ3n) is 2.88. The Morgan fingerprint density at radius 3 is 2.94 bits per heavy atom. The number of rotatable bonds is 3. The molecule has 0 fully saturated rings. The molecule has 3 rings (SSSR count). The van der Waals surface area contributed by atoms with Gasteiger partial charge in [0.1, 0.15) is 5.65 Å². The van der Waals surface area contributed by atoms with Gasteiger partial charge in [0, 0.05) is 24.3 Å². The van der Waals surface area contributed by atoms with Crippen LogP contribution in [0.1, 0.15) is 5.56 Å². The predicted molar refractivity (Wildman–Crippen MR) is 74.9 cm³/mol. The smallest absolute Gasteiger partial charge is 0.137 e. The third kappa shape index (κ3) is 2.05. The number of aromatic amines is 1. The first kappa shape index (κ1) is 11.1. The SMILES string of the molecule is Clc1ccccc1NCc1c[nH]c2ncccc12. The summed E-state index contributed by atoms with van der Waals surface area (Å²) in [7, 11) is 0. The maximum absolute atomic E-state index is 6.10. The number of aromatic nitrogens is 2. The second kappa shape index (κ2) is 4.70. The van der Waals surface area contributed by atoms with Crippen LogP contribution in [0.2, 0.25) is 5.02 Å². The molecule has 18 heavy (non-hydrogen) atoms. The first-order valence-electron chi connectivity index (χ1n) is 5.74. The highest BCUT2D eigenvalue weighted by molar-refractivity contribution is 6.33. The lowest BCUT2D eigenvalue weighted by molar-refractivity contribution is 1.16. The van der Waals surface area contributed by atoms with Gasteiger partial charge in [0.15, 0.2) is 0 Å². The molecule has 0 atom stereocenters. The van der Waals surface area contributed by atoms with E-state index in [1.807, 2.05) is 36.5 Å². The number of hydrogen-bond donors (Lipinski definition) is 2. The molecule has 0 bridgehead atoms. The minimum absolute atomic E-state index is 0.718. The standard InChI is InChI=1S/C14H12ClN3/c15-12-5-1-2-6-13(12)17-8-10-9-18-14-11(10)4-3-7-16-14/h1-7,9,17H,8H2,(H,16,18). The van der Waals surface area contributed by atoms with Gasteiger partial charge in [-0.1, -0.05) is 23.7 Å². The van der Waals surface area contributed by atoms with Crippen molar-refractivity contribution < 1.29 is 0 Å². The summed E-state index contributed by atoms with van der Waals surface area (Å²) in [4.78, 5) is 7.42. The van der Waals surface area contributed by atoms with E-state index in [-0.39, 0.29) is 0 Å². The van der Waals surface area contributed by atoms with Gasteiger partial charge in [-0.05, 0) is 29.8 Å². The normalized spacial score (nSPS) is 10.7. The fourth-order valence-electron chi connectivity index (χ4n) is 1.95. The van der Waals surface area contributed by atoms with Crippen LogP contribution in [0.15, 0.2) is 48.8 Å². The summed E-state index contributed by atoms with van der Waals surface area (Å²) in [6.07, 6.45) is 3.76. The quantitative estimate of drug-likeness (QED) is 0.749. The summed E-state index contributed by atoms with van der Waals surface area (Å²) in [6.45, 7) is 0.718. The number of anilines is 1. The molecule has 0 aliphatic heterocycles. The van der Waals surface area contributed by atoms with Crippen LogP contribution >= 0.6 is 11.6 Å². The van der Waals surface area contributed by atoms with Crippen LogP contribution < -0.4 is 5.32 Å². The van der Waals surface area contributed by atoms with Crippen molar-refractivity contribution in [3.05, 3.63) is 59.4 Å². The van der Waals surface area contributed by atoms with Crippen molar-refractivity contribution in [1.82, 2.24) is 9.97 Å². The number of halogens is 1. The number of fused-ring (bicyclic) bond motifs is 1. The first-order chi connectivity index (χ1) is 8.84. The van der Waals surface area contributed by atoms with Crippen LogP contribution in [0.25, 0.3) is 11.0 Å². The second-order valence-corrected chi connectivity index (χ2v) is 4.45. The molecule has 2 heterocycles. The van der Waals surface area contributed by atoms with Gasteiger partial charge >= 0.3 is 0 Å². The minimum Gasteiger partial charge on any atom is -0.380 e. The van der Waals surface area contributed by atoms with Crippen molar-refractivity contribution in [2.24, 2.45) is 0 Å². The Hall–Kier alpha value is -2.00. The summed E-state index contributed by atoms with van der Waals surface area (Å²) in [5.74, 6) is 0. The Labute approximate surface area is 110 Å². The van der Waals surface area contributed by atoms with Crippen molar-refractivity contribution in [3.63, 3.8) is 0 Å². The molecule has 0 amide bonds. The lowest BCUT2D eigenvalue weighted by atomic mass is 10.2. The molecule has 4 heteroatoms. The molecule has 0 unspecified atom stereocenters. The fraction of sp³-hybridized carbons (Fsp3) is 0.0714. The summed E-state index contributed by atoms with van der Waals surface area (Å²) >= 11 is 6.10. The highest BCUT2D eigenvalue weighted by Crippen LogP contribution is 2.22. The molecule has 0 saturated carbocycles. The van der Waals surface area contributed by atoms with Gasteiger partial charge in [-0.3, -0.25) is 0 Å². The maximum atomic E-state index is 6.10. The molecule has 0 aliphatic rings. The Kier molecular flexibility index (Phi) is 2.90. The predicted octanol–water partition coefficient (Wildman–Crippen LogP) is 3.83. The van der Waals surface area contributed by atoms with Crippen LogP contribution in [0, 0.1) is 0 Å². The summed E-state index contributed by atoms with van der Waals surface area (Å²) < 4.78 is 0. The Morgan fingerprint density at radius 1 is 1.17 bits per heavy atom. The van der Waals surface area contributed by atoms with Gasteiger partial charge in [0.05, 0.1) is 10.7 Å². The third-order valence-corrected chi connectivity index (χ3v) is 3.21. The van der Waals surface area contributed by atoms with Gasteiger partial charge in [-0.15, -0.1) is 0 Å². The van der Waals surface area contributed by atoms with E-state index in [2.05, 4.69) is 21.4 Å². The van der Waals surface area contributed by atoms with Crippen molar-refractivity contribution >= 4 is 28.3 Å². The van der Waals surface area contributed by atoms with E-state index in [0.29, 0.717) is 0 Å². The van der Waals surface area contributed by atoms with Crippen LogP contribution in [0.3, 0.4) is 0 Å². The maximum Gasteiger partial charge on any atom is 0.137 e. The molecule has 2 aromatic heterocycles. The number of para-hydroxylation sites is 1. The molecule has 90 valence electrons. The Morgan fingerprint density at radius 2 is 2.06 bits per heavy atom. The van der Waals surface area contributed by atoms with Gasteiger partial charge in [0.25, 0.3) is 0 Å². The molecule has 3 aromatic rings. The molecule has 3 nitrogen and oxygen atoms in total. The lowest BCUT2D eigenvalue weighted by Gasteiger charge is -2.07. The summed E-state index contributed by atoms with van der Waals surface area (Å²) in [5.41, 5.74) is 3.03. The van der Waals surface area contributed by atoms with E-state index in [0.717, 1.165) is 28.3 Å². The number of nitrogens with one attached hydrogen (secondary N) is 2. The van der Waals surface area contributed by atoms with Crippen molar-refractivity contribution in [3.8, 4) is 0 Å². The van der Waals surface area contributed by atoms with E-state index >= 15 is 0 Å². The number of H-pyrrole nitrogens is 1. The Bertz CT molecular complexity index is 675. The molecule has 0 spiro atoms. The van der Waals surface area contributed by atoms with Crippen LogP contribution in [0.5, 0.6) is 0 Å². The van der Waals surface area contributed by atoms with E-state index in [4.69, 9.17) is 11.6 Å². The zero-order valence-electron chi connectivity index (χ0n) is 9.65. The fourth-order valence-corrected chi connectivity index (χ4v) is 2.16. The second-order valence-electron chi connectivity index (χ2n) is 4.05. The van der Waals surface area contributed by atoms with Gasteiger partial charge in [0.2, 0.25) is 0 Å². The van der Waals surface area contributed by atoms with Crippen LogP contribution in [-0.4, -0.2) is 9.97 Å². The minimum atomic E-state index is 0.718. The molecular weight excluding hydrogens is 246 g/mol. The van der Waals surface area contributed by atoms with Crippen LogP contribution in [0.4, 0.5) is 5.69 Å². The topological polar surface area (TPSA) is 40.7 Å². The number of hydrogen-bond acceptors (Lipinski definition) is 2. The highest BCUT2D eigenvalue weighted by Gasteiger charge is 2.04. The summed E-state index contributed by atoms with van der Waals surface area (Å²) in [5, 5.41) is 5.20. The molecular formula is C14H12ClN3. The molecule has 0 radical (unpaired) electrons.